The lowest BCUT2D eigenvalue weighted by atomic mass is 9.85. The Morgan fingerprint density at radius 1 is 1.31 bits per heavy atom. The molecule has 1 heterocycles. The number of nitrogens with one attached hydrogen (secondary N) is 1. The highest BCUT2D eigenvalue weighted by Gasteiger charge is 2.30. The van der Waals surface area contributed by atoms with E-state index < -0.39 is 0 Å². The van der Waals surface area contributed by atoms with Crippen LogP contribution in [0.3, 0.4) is 0 Å². The predicted octanol–water partition coefficient (Wildman–Crippen LogP) is 1.22. The van der Waals surface area contributed by atoms with Crippen molar-refractivity contribution < 1.29 is 5.11 Å². The van der Waals surface area contributed by atoms with Gasteiger partial charge in [0, 0.05) is 25.2 Å². The summed E-state index contributed by atoms with van der Waals surface area (Å²) in [6.07, 6.45) is 6.65. The van der Waals surface area contributed by atoms with E-state index >= 15 is 0 Å². The standard InChI is InChI=1S/C13H26N2O/c1-11-4-2-5-12(8-11)15-7-3-6-14-9-13(15)10-16/h11-14,16H,2-10H2,1H3. The third kappa shape index (κ3) is 2.96. The highest BCUT2D eigenvalue weighted by molar-refractivity contribution is 4.86. The number of hydrogen-bond acceptors (Lipinski definition) is 3. The molecule has 3 atom stereocenters. The number of hydrogen-bond donors (Lipinski definition) is 2. The molecule has 3 nitrogen and oxygen atoms in total. The molecule has 1 saturated heterocycles. The fourth-order valence-electron chi connectivity index (χ4n) is 3.31. The molecule has 0 bridgehead atoms. The molecule has 3 unspecified atom stereocenters. The van der Waals surface area contributed by atoms with E-state index in [0.717, 1.165) is 31.6 Å². The fourth-order valence-corrected chi connectivity index (χ4v) is 3.31. The van der Waals surface area contributed by atoms with Crippen molar-refractivity contribution in [1.29, 1.82) is 0 Å². The van der Waals surface area contributed by atoms with Gasteiger partial charge in [-0.25, -0.2) is 0 Å². The van der Waals surface area contributed by atoms with Gasteiger partial charge < -0.3 is 10.4 Å². The van der Waals surface area contributed by atoms with Gasteiger partial charge in [-0.1, -0.05) is 19.8 Å². The van der Waals surface area contributed by atoms with Crippen molar-refractivity contribution in [3.05, 3.63) is 0 Å². The van der Waals surface area contributed by atoms with Crippen LogP contribution in [0.15, 0.2) is 0 Å². The van der Waals surface area contributed by atoms with E-state index in [0.29, 0.717) is 12.6 Å². The third-order valence-electron chi connectivity index (χ3n) is 4.21. The Labute approximate surface area is 99.2 Å². The molecule has 2 aliphatic rings. The summed E-state index contributed by atoms with van der Waals surface area (Å²) in [5.41, 5.74) is 0. The zero-order valence-electron chi connectivity index (χ0n) is 10.5. The second-order valence-corrected chi connectivity index (χ2v) is 5.56. The van der Waals surface area contributed by atoms with E-state index in [1.54, 1.807) is 0 Å². The van der Waals surface area contributed by atoms with Gasteiger partial charge in [-0.05, 0) is 31.7 Å². The Bertz CT molecular complexity index is 210. The van der Waals surface area contributed by atoms with Gasteiger partial charge >= 0.3 is 0 Å². The lowest BCUT2D eigenvalue weighted by Crippen LogP contribution is -2.49. The van der Waals surface area contributed by atoms with Gasteiger partial charge in [-0.3, -0.25) is 4.90 Å². The van der Waals surface area contributed by atoms with Crippen LogP contribution >= 0.6 is 0 Å². The molecule has 94 valence electrons. The normalized spacial score (nSPS) is 38.2. The molecule has 1 saturated carbocycles. The first-order valence-electron chi connectivity index (χ1n) is 6.88. The summed E-state index contributed by atoms with van der Waals surface area (Å²) in [7, 11) is 0. The minimum Gasteiger partial charge on any atom is -0.395 e. The quantitative estimate of drug-likeness (QED) is 0.743. The average Bonchev–Trinajstić information content (AvgIpc) is 2.53. The van der Waals surface area contributed by atoms with Crippen molar-refractivity contribution in [3.8, 4) is 0 Å². The molecule has 0 aromatic rings. The van der Waals surface area contributed by atoms with E-state index in [9.17, 15) is 5.11 Å². The number of rotatable bonds is 2. The molecule has 1 aliphatic heterocycles. The van der Waals surface area contributed by atoms with E-state index in [4.69, 9.17) is 0 Å². The van der Waals surface area contributed by atoms with E-state index in [2.05, 4.69) is 17.1 Å². The molecule has 0 radical (unpaired) electrons. The maximum absolute atomic E-state index is 9.50. The van der Waals surface area contributed by atoms with Crippen LogP contribution in [0.5, 0.6) is 0 Å². The van der Waals surface area contributed by atoms with Crippen LogP contribution in [-0.2, 0) is 0 Å². The zero-order valence-corrected chi connectivity index (χ0v) is 10.5. The van der Waals surface area contributed by atoms with Gasteiger partial charge in [-0.15, -0.1) is 0 Å². The SMILES string of the molecule is CC1CCCC(N2CCCNCC2CO)C1. The Balaban J connectivity index is 1.97. The highest BCUT2D eigenvalue weighted by Crippen LogP contribution is 2.28. The van der Waals surface area contributed by atoms with Gasteiger partial charge in [0.25, 0.3) is 0 Å². The van der Waals surface area contributed by atoms with Crippen molar-refractivity contribution in [2.24, 2.45) is 5.92 Å². The molecule has 0 spiro atoms. The smallest absolute Gasteiger partial charge is 0.0599 e. The van der Waals surface area contributed by atoms with E-state index in [-0.39, 0.29) is 0 Å². The Kier molecular flexibility index (Phi) is 4.62. The van der Waals surface area contributed by atoms with Crippen LogP contribution < -0.4 is 5.32 Å². The molecular formula is C13H26N2O. The van der Waals surface area contributed by atoms with Crippen LogP contribution in [0.4, 0.5) is 0 Å². The lowest BCUT2D eigenvalue weighted by Gasteiger charge is -2.39. The van der Waals surface area contributed by atoms with Gasteiger partial charge in [0.15, 0.2) is 0 Å². The van der Waals surface area contributed by atoms with Crippen LogP contribution in [0.1, 0.15) is 39.0 Å². The van der Waals surface area contributed by atoms with Gasteiger partial charge in [-0.2, -0.15) is 0 Å². The summed E-state index contributed by atoms with van der Waals surface area (Å²) >= 11 is 0. The molecule has 16 heavy (non-hydrogen) atoms. The highest BCUT2D eigenvalue weighted by atomic mass is 16.3. The first-order valence-corrected chi connectivity index (χ1v) is 6.88. The molecular weight excluding hydrogens is 200 g/mol. The molecule has 2 fully saturated rings. The molecule has 0 amide bonds. The maximum atomic E-state index is 9.50. The summed E-state index contributed by atoms with van der Waals surface area (Å²) in [6, 6.07) is 1.07. The van der Waals surface area contributed by atoms with Gasteiger partial charge in [0.1, 0.15) is 0 Å². The summed E-state index contributed by atoms with van der Waals surface area (Å²) < 4.78 is 0. The number of nitrogens with zero attached hydrogens (tertiary/aromatic N) is 1. The van der Waals surface area contributed by atoms with Crippen molar-refractivity contribution in [2.45, 2.75) is 51.1 Å². The third-order valence-corrected chi connectivity index (χ3v) is 4.21. The average molecular weight is 226 g/mol. The first kappa shape index (κ1) is 12.3. The number of aliphatic hydroxyl groups excluding tert-OH is 1. The Morgan fingerprint density at radius 2 is 2.19 bits per heavy atom. The molecule has 2 rings (SSSR count). The van der Waals surface area contributed by atoms with Crippen molar-refractivity contribution in [1.82, 2.24) is 10.2 Å². The topological polar surface area (TPSA) is 35.5 Å². The largest absolute Gasteiger partial charge is 0.395 e. The maximum Gasteiger partial charge on any atom is 0.0599 e. The molecule has 0 aromatic heterocycles. The van der Waals surface area contributed by atoms with Crippen LogP contribution in [0.2, 0.25) is 0 Å². The van der Waals surface area contributed by atoms with E-state index in [1.807, 2.05) is 0 Å². The first-order chi connectivity index (χ1) is 7.81. The minimum atomic E-state index is 0.303. The molecule has 0 aromatic carbocycles. The zero-order chi connectivity index (χ0) is 11.4. The van der Waals surface area contributed by atoms with Crippen molar-refractivity contribution >= 4 is 0 Å². The Morgan fingerprint density at radius 3 is 2.94 bits per heavy atom. The summed E-state index contributed by atoms with van der Waals surface area (Å²) in [6.45, 7) is 5.90. The second-order valence-electron chi connectivity index (χ2n) is 5.56. The minimum absolute atomic E-state index is 0.303. The summed E-state index contributed by atoms with van der Waals surface area (Å²) in [4.78, 5) is 2.58. The van der Waals surface area contributed by atoms with Crippen LogP contribution in [0, 0.1) is 5.92 Å². The molecule has 2 N–H and O–H groups in total. The van der Waals surface area contributed by atoms with Gasteiger partial charge in [0.2, 0.25) is 0 Å². The van der Waals surface area contributed by atoms with E-state index in [1.165, 1.54) is 32.1 Å². The lowest BCUT2D eigenvalue weighted by molar-refractivity contribution is 0.0625. The summed E-state index contributed by atoms with van der Waals surface area (Å²) in [5.74, 6) is 0.870. The van der Waals surface area contributed by atoms with Crippen molar-refractivity contribution in [3.63, 3.8) is 0 Å². The fraction of sp³-hybridized carbons (Fsp3) is 1.00. The predicted molar refractivity (Wildman–Crippen MR) is 66.5 cm³/mol. The van der Waals surface area contributed by atoms with Crippen LogP contribution in [-0.4, -0.2) is 48.3 Å². The van der Waals surface area contributed by atoms with Gasteiger partial charge in [0.05, 0.1) is 6.61 Å². The molecule has 1 aliphatic carbocycles. The van der Waals surface area contributed by atoms with Crippen LogP contribution in [0.25, 0.3) is 0 Å². The number of aliphatic hydroxyl groups is 1. The molecule has 3 heteroatoms. The monoisotopic (exact) mass is 226 g/mol. The Hall–Kier alpha value is -0.120. The summed E-state index contributed by atoms with van der Waals surface area (Å²) in [5, 5.41) is 12.9. The second kappa shape index (κ2) is 5.99. The van der Waals surface area contributed by atoms with Crippen molar-refractivity contribution in [2.75, 3.05) is 26.2 Å².